The van der Waals surface area contributed by atoms with Crippen LogP contribution in [0.5, 0.6) is 5.75 Å². The van der Waals surface area contributed by atoms with Crippen LogP contribution in [0.4, 0.5) is 5.69 Å². The van der Waals surface area contributed by atoms with Gasteiger partial charge in [0.05, 0.1) is 23.4 Å². The van der Waals surface area contributed by atoms with E-state index in [-0.39, 0.29) is 11.5 Å². The number of carbonyl (C=O) groups excluding carboxylic acids is 2. The molecule has 5 nitrogen and oxygen atoms in total. The molecule has 0 spiro atoms. The number of halogens is 1. The van der Waals surface area contributed by atoms with Gasteiger partial charge in [-0.2, -0.15) is 0 Å². The number of benzene rings is 2. The van der Waals surface area contributed by atoms with Gasteiger partial charge in [-0.1, -0.05) is 29.8 Å². The summed E-state index contributed by atoms with van der Waals surface area (Å²) in [5, 5.41) is 3.07. The molecule has 23 heavy (non-hydrogen) atoms. The molecule has 0 unspecified atom stereocenters. The molecule has 0 fully saturated rings. The number of amides is 2. The van der Waals surface area contributed by atoms with Crippen molar-refractivity contribution >= 4 is 35.2 Å². The first kappa shape index (κ1) is 16.6. The van der Waals surface area contributed by atoms with Crippen LogP contribution < -0.4 is 15.8 Å². The first-order valence-electron chi connectivity index (χ1n) is 6.72. The molecule has 0 aliphatic rings. The number of nitrogens with two attached hydrogens (primary N) is 1. The lowest BCUT2D eigenvalue weighted by Crippen LogP contribution is -2.16. The number of carbonyl (C=O) groups is 2. The lowest BCUT2D eigenvalue weighted by molar-refractivity contribution is -0.111. The predicted molar refractivity (Wildman–Crippen MR) is 90.6 cm³/mol. The second kappa shape index (κ2) is 7.47. The maximum absolute atomic E-state index is 12.0. The van der Waals surface area contributed by atoms with Crippen LogP contribution in [-0.2, 0) is 4.79 Å². The number of para-hydroxylation sites is 1. The summed E-state index contributed by atoms with van der Waals surface area (Å²) in [4.78, 5) is 23.3. The Hall–Kier alpha value is -2.79. The van der Waals surface area contributed by atoms with E-state index in [0.29, 0.717) is 16.5 Å². The summed E-state index contributed by atoms with van der Waals surface area (Å²) in [5.74, 6) is -0.430. The van der Waals surface area contributed by atoms with Gasteiger partial charge in [0, 0.05) is 6.08 Å². The summed E-state index contributed by atoms with van der Waals surface area (Å²) in [6.45, 7) is 0. The molecule has 2 amide bonds. The van der Waals surface area contributed by atoms with E-state index < -0.39 is 5.91 Å². The number of primary amides is 1. The molecule has 0 saturated carbocycles. The normalized spacial score (nSPS) is 10.5. The Balaban J connectivity index is 2.11. The zero-order valence-corrected chi connectivity index (χ0v) is 13.1. The molecule has 0 heterocycles. The fraction of sp³-hybridized carbons (Fsp3) is 0.0588. The molecule has 0 aromatic heterocycles. The number of nitrogens with one attached hydrogen (secondary N) is 1. The first-order chi connectivity index (χ1) is 11.0. The zero-order valence-electron chi connectivity index (χ0n) is 12.4. The zero-order chi connectivity index (χ0) is 16.8. The Morgan fingerprint density at radius 3 is 2.61 bits per heavy atom. The van der Waals surface area contributed by atoms with Gasteiger partial charge >= 0.3 is 0 Å². The molecule has 0 bridgehead atoms. The Labute approximate surface area is 138 Å². The van der Waals surface area contributed by atoms with Crippen LogP contribution in [0.15, 0.2) is 48.5 Å². The molecule has 2 aromatic rings. The van der Waals surface area contributed by atoms with Gasteiger partial charge in [0.2, 0.25) is 5.91 Å². The molecule has 0 aliphatic heterocycles. The molecule has 0 atom stereocenters. The van der Waals surface area contributed by atoms with Gasteiger partial charge in [0.1, 0.15) is 5.75 Å². The second-order valence-electron chi connectivity index (χ2n) is 4.63. The number of hydrogen-bond donors (Lipinski definition) is 2. The fourth-order valence-electron chi connectivity index (χ4n) is 1.94. The van der Waals surface area contributed by atoms with Crippen LogP contribution in [0.2, 0.25) is 5.02 Å². The fourth-order valence-corrected chi connectivity index (χ4v) is 2.21. The van der Waals surface area contributed by atoms with Gasteiger partial charge in [0.15, 0.2) is 0 Å². The molecule has 0 aliphatic carbocycles. The van der Waals surface area contributed by atoms with Gasteiger partial charge in [-0.05, 0) is 35.9 Å². The summed E-state index contributed by atoms with van der Waals surface area (Å²) in [6, 6.07) is 11.7. The summed E-state index contributed by atoms with van der Waals surface area (Å²) in [5.41, 5.74) is 6.62. The predicted octanol–water partition coefficient (Wildman–Crippen LogP) is 3.10. The minimum atomic E-state index is -0.605. The number of hydrogen-bond acceptors (Lipinski definition) is 3. The quantitative estimate of drug-likeness (QED) is 0.826. The molecule has 2 aromatic carbocycles. The summed E-state index contributed by atoms with van der Waals surface area (Å²) in [7, 11) is 1.53. The van der Waals surface area contributed by atoms with Gasteiger partial charge in [-0.15, -0.1) is 0 Å². The molecule has 0 radical (unpaired) electrons. The molecule has 6 heteroatoms. The maximum atomic E-state index is 12.0. The van der Waals surface area contributed by atoms with E-state index in [4.69, 9.17) is 22.1 Å². The minimum Gasteiger partial charge on any atom is -0.495 e. The average molecular weight is 331 g/mol. The van der Waals surface area contributed by atoms with Crippen LogP contribution in [-0.4, -0.2) is 18.9 Å². The molecular weight excluding hydrogens is 316 g/mol. The van der Waals surface area contributed by atoms with Crippen molar-refractivity contribution in [3.63, 3.8) is 0 Å². The Bertz CT molecular complexity index is 772. The van der Waals surface area contributed by atoms with Crippen molar-refractivity contribution in [1.29, 1.82) is 0 Å². The number of ether oxygens (including phenoxy) is 1. The second-order valence-corrected chi connectivity index (χ2v) is 5.03. The number of rotatable bonds is 5. The van der Waals surface area contributed by atoms with Crippen LogP contribution in [0.25, 0.3) is 6.08 Å². The lowest BCUT2D eigenvalue weighted by Gasteiger charge is -2.06. The summed E-state index contributed by atoms with van der Waals surface area (Å²) in [6.07, 6.45) is 2.95. The van der Waals surface area contributed by atoms with E-state index in [9.17, 15) is 9.59 Å². The third-order valence-corrected chi connectivity index (χ3v) is 3.35. The Morgan fingerprint density at radius 2 is 1.96 bits per heavy atom. The molecule has 0 saturated heterocycles. The molecule has 118 valence electrons. The topological polar surface area (TPSA) is 81.4 Å². The largest absolute Gasteiger partial charge is 0.495 e. The Morgan fingerprint density at radius 1 is 1.22 bits per heavy atom. The SMILES string of the molecule is COc1ccc(/C=C/C(=O)Nc2ccccc2C(N)=O)cc1Cl. The van der Waals surface area contributed by atoms with Crippen molar-refractivity contribution in [2.45, 2.75) is 0 Å². The smallest absolute Gasteiger partial charge is 0.250 e. The molecular formula is C17H15ClN2O3. The minimum absolute atomic E-state index is 0.252. The van der Waals surface area contributed by atoms with Crippen molar-refractivity contribution in [3.05, 3.63) is 64.7 Å². The van der Waals surface area contributed by atoms with E-state index >= 15 is 0 Å². The highest BCUT2D eigenvalue weighted by atomic mass is 35.5. The maximum Gasteiger partial charge on any atom is 0.250 e. The molecule has 2 rings (SSSR count). The van der Waals surface area contributed by atoms with Gasteiger partial charge < -0.3 is 15.8 Å². The van der Waals surface area contributed by atoms with Crippen molar-refractivity contribution in [2.75, 3.05) is 12.4 Å². The highest BCUT2D eigenvalue weighted by Crippen LogP contribution is 2.25. The number of methoxy groups -OCH3 is 1. The van der Waals surface area contributed by atoms with E-state index in [1.807, 2.05) is 0 Å². The van der Waals surface area contributed by atoms with E-state index in [0.717, 1.165) is 5.56 Å². The Kier molecular flexibility index (Phi) is 5.38. The van der Waals surface area contributed by atoms with Gasteiger partial charge in [-0.25, -0.2) is 0 Å². The standard InChI is InChI=1S/C17H15ClN2O3/c1-23-15-8-6-11(10-13(15)18)7-9-16(21)20-14-5-3-2-4-12(14)17(19)22/h2-10H,1H3,(H2,19,22)(H,20,21)/b9-7+. The number of anilines is 1. The van der Waals surface area contributed by atoms with Crippen molar-refractivity contribution < 1.29 is 14.3 Å². The van der Waals surface area contributed by atoms with Crippen molar-refractivity contribution in [1.82, 2.24) is 0 Å². The summed E-state index contributed by atoms with van der Waals surface area (Å²) < 4.78 is 5.06. The lowest BCUT2D eigenvalue weighted by atomic mass is 10.1. The third kappa shape index (κ3) is 4.34. The first-order valence-corrected chi connectivity index (χ1v) is 7.10. The van der Waals surface area contributed by atoms with Gasteiger partial charge in [-0.3, -0.25) is 9.59 Å². The van der Waals surface area contributed by atoms with Crippen LogP contribution in [0.3, 0.4) is 0 Å². The van der Waals surface area contributed by atoms with E-state index in [1.165, 1.54) is 13.2 Å². The highest BCUT2D eigenvalue weighted by molar-refractivity contribution is 6.32. The third-order valence-electron chi connectivity index (χ3n) is 3.05. The average Bonchev–Trinajstić information content (AvgIpc) is 2.53. The van der Waals surface area contributed by atoms with Crippen molar-refractivity contribution in [3.8, 4) is 5.75 Å². The van der Waals surface area contributed by atoms with E-state index in [2.05, 4.69) is 5.32 Å². The molecule has 3 N–H and O–H groups in total. The van der Waals surface area contributed by atoms with Crippen LogP contribution in [0, 0.1) is 0 Å². The van der Waals surface area contributed by atoms with Crippen LogP contribution >= 0.6 is 11.6 Å². The van der Waals surface area contributed by atoms with Crippen molar-refractivity contribution in [2.24, 2.45) is 5.73 Å². The van der Waals surface area contributed by atoms with Gasteiger partial charge in [0.25, 0.3) is 5.91 Å². The monoisotopic (exact) mass is 330 g/mol. The van der Waals surface area contributed by atoms with E-state index in [1.54, 1.807) is 48.5 Å². The highest BCUT2D eigenvalue weighted by Gasteiger charge is 2.08. The summed E-state index contributed by atoms with van der Waals surface area (Å²) >= 11 is 6.02. The van der Waals surface area contributed by atoms with Crippen LogP contribution in [0.1, 0.15) is 15.9 Å².